The third-order valence-corrected chi connectivity index (χ3v) is 11.9. The van der Waals surface area contributed by atoms with E-state index in [1.165, 1.54) is 13.8 Å². The summed E-state index contributed by atoms with van der Waals surface area (Å²) in [6, 6.07) is 0.00341. The Morgan fingerprint density at radius 3 is 2.40 bits per heavy atom. The van der Waals surface area contributed by atoms with Gasteiger partial charge in [-0.1, -0.05) is 39.5 Å². The molecular weight excluding hydrogens is 845 g/mol. The highest BCUT2D eigenvalue weighted by Crippen LogP contribution is 2.56. The van der Waals surface area contributed by atoms with Gasteiger partial charge in [0.2, 0.25) is 11.8 Å². The van der Waals surface area contributed by atoms with Crippen molar-refractivity contribution in [3.05, 3.63) is 12.7 Å². The van der Waals surface area contributed by atoms with E-state index in [1.807, 2.05) is 13.8 Å². The average Bonchev–Trinajstić information content (AvgIpc) is 3.64. The normalized spacial score (nSPS) is 22.2. The molecule has 0 radical (unpaired) electrons. The molecule has 25 nitrogen and oxygen atoms in total. The van der Waals surface area contributed by atoms with Gasteiger partial charge in [0.1, 0.15) is 36.3 Å². The van der Waals surface area contributed by atoms with Crippen LogP contribution in [0, 0.1) is 11.3 Å². The average molecular weight is 892 g/mol. The lowest BCUT2D eigenvalue weighted by molar-refractivity contribution is -0.421. The first-order valence-corrected chi connectivity index (χ1v) is 22.5. The Kier molecular flexibility index (Phi) is 17.7. The maximum Gasteiger partial charge on any atom is 0.274 e. The van der Waals surface area contributed by atoms with Gasteiger partial charge >= 0.3 is 0 Å². The van der Waals surface area contributed by atoms with Crippen molar-refractivity contribution in [2.75, 3.05) is 37.8 Å². The fourth-order valence-corrected chi connectivity index (χ4v) is 8.84. The van der Waals surface area contributed by atoms with Gasteiger partial charge in [0.25, 0.3) is 15.6 Å². The molecule has 29 heteroatoms. The Labute approximate surface area is 330 Å². The third-order valence-electron chi connectivity index (χ3n) is 8.00. The van der Waals surface area contributed by atoms with Gasteiger partial charge in [-0.05, 0) is 5.92 Å². The van der Waals surface area contributed by atoms with Crippen LogP contribution in [-0.4, -0.2) is 109 Å². The topological polar surface area (TPSA) is 403 Å². The summed E-state index contributed by atoms with van der Waals surface area (Å²) in [7, 11) is -17.6. The number of aromatic nitrogens is 4. The van der Waals surface area contributed by atoms with Gasteiger partial charge in [0, 0.05) is 37.1 Å². The number of hydrogen-bond acceptors (Lipinski definition) is 22. The second kappa shape index (κ2) is 20.7. The molecule has 3 rings (SSSR count). The number of imidazole rings is 1. The van der Waals surface area contributed by atoms with Crippen LogP contribution in [0.2, 0.25) is 0 Å². The molecule has 0 aromatic carbocycles. The van der Waals surface area contributed by atoms with Crippen LogP contribution in [-0.2, 0) is 50.7 Å². The SMILES string of the molecule is CC(C)CC([NH3+])CC(=O)SCCNC(=O)CCNC(=O)[C@H](O)C(C)(C)COP(=O)([O-])OP(=O)([O-])OC[C@H]1O[C@@H](n2cnc3c(N)ncnc32)[C@H](O)[C@@H]1OP(=O)([O-])[O-]. The quantitative estimate of drug-likeness (QED) is 0.0460. The minimum absolute atomic E-state index is 0.00341. The Morgan fingerprint density at radius 1 is 1.09 bits per heavy atom. The predicted molar refractivity (Wildman–Crippen MR) is 189 cm³/mol. The number of quaternary nitrogens is 1. The first-order chi connectivity index (χ1) is 26.3. The molecule has 57 heavy (non-hydrogen) atoms. The molecule has 3 heterocycles. The number of fused-ring (bicyclic) bond motifs is 1. The summed E-state index contributed by atoms with van der Waals surface area (Å²) < 4.78 is 60.5. The first kappa shape index (κ1) is 48.9. The van der Waals surface area contributed by atoms with E-state index < -0.39 is 84.6 Å². The van der Waals surface area contributed by atoms with Crippen molar-refractivity contribution in [1.29, 1.82) is 0 Å². The molecule has 2 aromatic rings. The highest BCUT2D eigenvalue weighted by atomic mass is 32.2. The summed E-state index contributed by atoms with van der Waals surface area (Å²) in [5.41, 5.74) is 8.03. The third kappa shape index (κ3) is 15.6. The van der Waals surface area contributed by atoms with Crippen molar-refractivity contribution in [3.63, 3.8) is 0 Å². The summed E-state index contributed by atoms with van der Waals surface area (Å²) in [6.45, 7) is 4.17. The maximum atomic E-state index is 12.5. The molecule has 1 saturated heterocycles. The molecule has 8 atom stereocenters. The van der Waals surface area contributed by atoms with Crippen molar-refractivity contribution in [1.82, 2.24) is 30.2 Å². The Bertz CT molecular complexity index is 1850. The number of nitrogens with two attached hydrogens (primary N) is 1. The maximum absolute atomic E-state index is 12.5. The number of rotatable bonds is 23. The molecule has 2 aromatic heterocycles. The molecule has 0 bridgehead atoms. The number of ether oxygens (including phenoxy) is 1. The van der Waals surface area contributed by atoms with Gasteiger partial charge in [-0.3, -0.25) is 28.1 Å². The number of aliphatic hydroxyl groups is 2. The Hall–Kier alpha value is -2.48. The molecule has 0 aliphatic carbocycles. The van der Waals surface area contributed by atoms with Gasteiger partial charge in [-0.15, -0.1) is 0 Å². The molecule has 2 amide bonds. The largest absolute Gasteiger partial charge is 0.790 e. The number of anilines is 1. The van der Waals surface area contributed by atoms with Crippen molar-refractivity contribution in [2.45, 2.75) is 83.6 Å². The predicted octanol–water partition coefficient (Wildman–Crippen LogP) is -3.82. The first-order valence-electron chi connectivity index (χ1n) is 17.1. The number of nitrogen functional groups attached to an aromatic ring is 1. The lowest BCUT2D eigenvalue weighted by Crippen LogP contribution is -2.61. The van der Waals surface area contributed by atoms with Crippen LogP contribution in [0.3, 0.4) is 0 Å². The molecule has 1 fully saturated rings. The van der Waals surface area contributed by atoms with Crippen LogP contribution < -0.4 is 41.7 Å². The zero-order valence-electron chi connectivity index (χ0n) is 31.2. The zero-order valence-corrected chi connectivity index (χ0v) is 34.7. The fourth-order valence-electron chi connectivity index (χ4n) is 5.32. The van der Waals surface area contributed by atoms with E-state index in [2.05, 4.69) is 49.2 Å². The van der Waals surface area contributed by atoms with E-state index in [9.17, 15) is 57.9 Å². The smallest absolute Gasteiger partial charge is 0.274 e. The number of nitrogens with one attached hydrogen (secondary N) is 2. The van der Waals surface area contributed by atoms with E-state index in [0.717, 1.165) is 35.4 Å². The van der Waals surface area contributed by atoms with Crippen molar-refractivity contribution in [2.24, 2.45) is 11.3 Å². The van der Waals surface area contributed by atoms with E-state index in [-0.39, 0.29) is 47.6 Å². The monoisotopic (exact) mass is 891 g/mol. The number of phosphoric ester groups is 3. The van der Waals surface area contributed by atoms with Crippen LogP contribution in [0.25, 0.3) is 11.2 Å². The number of thioether (sulfide) groups is 1. The van der Waals surface area contributed by atoms with Crippen LogP contribution in [0.4, 0.5) is 5.82 Å². The van der Waals surface area contributed by atoms with Gasteiger partial charge in [-0.25, -0.2) is 19.3 Å². The van der Waals surface area contributed by atoms with Crippen LogP contribution in [0.1, 0.15) is 53.2 Å². The highest BCUT2D eigenvalue weighted by molar-refractivity contribution is 8.13. The number of aliphatic hydroxyl groups excluding tert-OH is 2. The van der Waals surface area contributed by atoms with Crippen LogP contribution >= 0.6 is 35.2 Å². The van der Waals surface area contributed by atoms with E-state index in [4.69, 9.17) is 10.5 Å². The molecule has 1 aliphatic heterocycles. The number of carbonyl (C=O) groups excluding carboxylic acids is 3. The van der Waals surface area contributed by atoms with Crippen molar-refractivity contribution >= 4 is 69.1 Å². The summed E-state index contributed by atoms with van der Waals surface area (Å²) in [4.78, 5) is 96.2. The lowest BCUT2D eigenvalue weighted by atomic mass is 9.87. The molecule has 0 saturated carbocycles. The Morgan fingerprint density at radius 2 is 1.75 bits per heavy atom. The standard InChI is InChI=1S/C28H49N8O17P3S/c1-15(2)9-16(29)10-19(38)57-8-7-31-18(37)5-6-32-26(41)23(40)28(3,4)12-50-56(47,48)53-55(45,46)49-11-17-22(52-54(42,43)44)21(39)27(51-17)36-14-35-20-24(30)33-13-34-25(20)36/h13-17,21-23,27,39-40H,5-12,29H2,1-4H3,(H,31,37)(H,32,41)(H,45,46)(H,47,48)(H2,30,33,34)(H2,42,43,44)/p-3/t16?,17-,21-,22-,23+,27-/m1/s1. The molecule has 3 unspecified atom stereocenters. The molecule has 0 spiro atoms. The highest BCUT2D eigenvalue weighted by Gasteiger charge is 2.47. The van der Waals surface area contributed by atoms with Crippen molar-refractivity contribution in [3.8, 4) is 0 Å². The van der Waals surface area contributed by atoms with Crippen LogP contribution in [0.5, 0.6) is 0 Å². The number of nitrogens with zero attached hydrogens (tertiary/aromatic N) is 4. The minimum Gasteiger partial charge on any atom is -0.790 e. The van der Waals surface area contributed by atoms with E-state index >= 15 is 0 Å². The Balaban J connectivity index is 1.47. The summed E-state index contributed by atoms with van der Waals surface area (Å²) in [5.74, 6) is -0.796. The van der Waals surface area contributed by atoms with Crippen molar-refractivity contribution < 1.29 is 86.2 Å². The van der Waals surface area contributed by atoms with Crippen LogP contribution in [0.15, 0.2) is 12.7 Å². The second-order valence-electron chi connectivity index (χ2n) is 13.9. The summed E-state index contributed by atoms with van der Waals surface area (Å²) in [6.07, 6.45) is -6.45. The van der Waals surface area contributed by atoms with Gasteiger partial charge in [0.15, 0.2) is 22.8 Å². The summed E-state index contributed by atoms with van der Waals surface area (Å²) >= 11 is 1.07. The molecular formula is C28H46N8O17P3S-3. The number of amides is 2. The lowest BCUT2D eigenvalue weighted by Gasteiger charge is -2.36. The molecule has 1 aliphatic rings. The molecule has 324 valence electrons. The van der Waals surface area contributed by atoms with Gasteiger partial charge in [0.05, 0.1) is 39.8 Å². The number of carbonyl (C=O) groups is 3. The number of hydrogen-bond donors (Lipinski definition) is 6. The van der Waals surface area contributed by atoms with E-state index in [1.54, 1.807) is 0 Å². The van der Waals surface area contributed by atoms with Gasteiger partial charge < -0.3 is 74.8 Å². The van der Waals surface area contributed by atoms with Gasteiger partial charge in [-0.2, -0.15) is 0 Å². The zero-order chi connectivity index (χ0) is 42.9. The van der Waals surface area contributed by atoms with E-state index in [0.29, 0.717) is 18.1 Å². The fraction of sp³-hybridized carbons (Fsp3) is 0.714. The minimum atomic E-state index is -5.91. The molecule has 9 N–H and O–H groups in total. The second-order valence-corrected chi connectivity index (χ2v) is 19.1. The number of phosphoric acid groups is 3. The summed E-state index contributed by atoms with van der Waals surface area (Å²) in [5, 5.41) is 26.2.